The zero-order valence-electron chi connectivity index (χ0n) is 15.4. The number of halogens is 1. The summed E-state index contributed by atoms with van der Waals surface area (Å²) in [6.07, 6.45) is 0.653. The van der Waals surface area contributed by atoms with Crippen molar-refractivity contribution in [1.82, 2.24) is 5.32 Å². The van der Waals surface area contributed by atoms with Gasteiger partial charge in [0.15, 0.2) is 0 Å². The van der Waals surface area contributed by atoms with Crippen LogP contribution in [0.25, 0.3) is 11.1 Å². The molecule has 4 nitrogen and oxygen atoms in total. The van der Waals surface area contributed by atoms with E-state index < -0.39 is 0 Å². The van der Waals surface area contributed by atoms with E-state index in [1.54, 1.807) is 0 Å². The Morgan fingerprint density at radius 3 is 2.15 bits per heavy atom. The summed E-state index contributed by atoms with van der Waals surface area (Å²) in [6, 6.07) is 16.8. The van der Waals surface area contributed by atoms with Gasteiger partial charge in [0.25, 0.3) is 0 Å². The van der Waals surface area contributed by atoms with Gasteiger partial charge in [-0.3, -0.25) is 0 Å². The summed E-state index contributed by atoms with van der Waals surface area (Å²) in [6.45, 7) is 5.26. The molecule has 0 unspecified atom stereocenters. The van der Waals surface area contributed by atoms with Crippen LogP contribution in [0.15, 0.2) is 48.5 Å². The van der Waals surface area contributed by atoms with E-state index >= 15 is 0 Å². The van der Waals surface area contributed by atoms with E-state index in [-0.39, 0.29) is 30.5 Å². The maximum Gasteiger partial charge on any atom is 0.407 e. The Balaban J connectivity index is 0.00000243. The molecule has 1 aliphatic carbocycles. The van der Waals surface area contributed by atoms with Gasteiger partial charge in [0.2, 0.25) is 0 Å². The highest BCUT2D eigenvalue weighted by Gasteiger charge is 2.29. The van der Waals surface area contributed by atoms with Crippen molar-refractivity contribution in [2.75, 3.05) is 13.2 Å². The Hall–Kier alpha value is -2.04. The minimum absolute atomic E-state index is 0. The molecule has 2 atom stereocenters. The molecule has 0 aromatic heterocycles. The Morgan fingerprint density at radius 2 is 1.65 bits per heavy atom. The Morgan fingerprint density at radius 1 is 1.12 bits per heavy atom. The molecule has 3 rings (SSSR count). The highest BCUT2D eigenvalue weighted by Crippen LogP contribution is 2.44. The van der Waals surface area contributed by atoms with Gasteiger partial charge in [-0.25, -0.2) is 4.79 Å². The number of hydrogen-bond donors (Lipinski definition) is 2. The molecule has 0 fully saturated rings. The maximum absolute atomic E-state index is 12.3. The average molecular weight is 375 g/mol. The average Bonchev–Trinajstić information content (AvgIpc) is 2.98. The zero-order valence-corrected chi connectivity index (χ0v) is 16.1. The molecule has 0 saturated heterocycles. The zero-order chi connectivity index (χ0) is 17.8. The Labute approximate surface area is 161 Å². The molecule has 4 N–H and O–H groups in total. The van der Waals surface area contributed by atoms with Crippen LogP contribution in [0.4, 0.5) is 4.79 Å². The lowest BCUT2D eigenvalue weighted by Gasteiger charge is -2.21. The van der Waals surface area contributed by atoms with Crippen LogP contribution >= 0.6 is 0 Å². The number of benzene rings is 2. The number of hydrogen-bond acceptors (Lipinski definition) is 2. The number of rotatable bonds is 6. The normalized spacial score (nSPS) is 14.6. The number of ether oxygens (including phenoxy) is 1. The molecule has 0 spiro atoms. The minimum atomic E-state index is -0.351. The second kappa shape index (κ2) is 9.06. The van der Waals surface area contributed by atoms with Crippen LogP contribution in [0.2, 0.25) is 0 Å². The third-order valence-electron chi connectivity index (χ3n) is 5.29. The van der Waals surface area contributed by atoms with Gasteiger partial charge in [0.05, 0.1) is 12.6 Å². The van der Waals surface area contributed by atoms with Gasteiger partial charge in [-0.05, 0) is 28.2 Å². The van der Waals surface area contributed by atoms with Gasteiger partial charge >= 0.3 is 6.09 Å². The van der Waals surface area contributed by atoms with Crippen LogP contribution in [-0.4, -0.2) is 25.3 Å². The lowest BCUT2D eigenvalue weighted by atomic mass is 9.98. The van der Waals surface area contributed by atoms with Gasteiger partial charge < -0.3 is 28.2 Å². The highest BCUT2D eigenvalue weighted by molar-refractivity contribution is 5.79. The Kier molecular flexibility index (Phi) is 7.06. The molecular formula is C21H27ClN2O2. The topological polar surface area (TPSA) is 66.0 Å². The van der Waals surface area contributed by atoms with E-state index in [1.807, 2.05) is 12.1 Å². The van der Waals surface area contributed by atoms with Crippen molar-refractivity contribution >= 4 is 6.09 Å². The second-order valence-electron chi connectivity index (χ2n) is 6.75. The van der Waals surface area contributed by atoms with E-state index in [9.17, 15) is 4.79 Å². The highest BCUT2D eigenvalue weighted by atomic mass is 35.5. The quantitative estimate of drug-likeness (QED) is 0.757. The summed E-state index contributed by atoms with van der Waals surface area (Å²) in [7, 11) is 0. The van der Waals surface area contributed by atoms with Crippen molar-refractivity contribution in [1.29, 1.82) is 0 Å². The molecule has 26 heavy (non-hydrogen) atoms. The number of quaternary nitrogens is 1. The SMILES string of the molecule is CC[C@H](C)[C@@H](C[NH3+])NC(=O)OCC1c2ccccc2-c2ccccc21.[Cl-]. The fourth-order valence-electron chi connectivity index (χ4n) is 3.57. The van der Waals surface area contributed by atoms with Crippen molar-refractivity contribution in [3.8, 4) is 11.1 Å². The third kappa shape index (κ3) is 4.02. The first-order valence-electron chi connectivity index (χ1n) is 9.06. The number of carbonyl (C=O) groups excluding carboxylic acids is 1. The first-order valence-corrected chi connectivity index (χ1v) is 9.06. The van der Waals surface area contributed by atoms with E-state index in [0.29, 0.717) is 19.1 Å². The molecule has 0 heterocycles. The molecule has 5 heteroatoms. The van der Waals surface area contributed by atoms with Gasteiger partial charge in [-0.15, -0.1) is 0 Å². The number of carbonyl (C=O) groups is 1. The van der Waals surface area contributed by atoms with E-state index in [0.717, 1.165) is 6.42 Å². The number of alkyl carbamates (subject to hydrolysis) is 1. The molecule has 0 bridgehead atoms. The molecular weight excluding hydrogens is 348 g/mol. The monoisotopic (exact) mass is 374 g/mol. The fraction of sp³-hybridized carbons (Fsp3) is 0.381. The van der Waals surface area contributed by atoms with Crippen LogP contribution in [0.3, 0.4) is 0 Å². The van der Waals surface area contributed by atoms with Crippen molar-refractivity contribution in [3.05, 3.63) is 59.7 Å². The van der Waals surface area contributed by atoms with Crippen molar-refractivity contribution in [3.63, 3.8) is 0 Å². The summed E-state index contributed by atoms with van der Waals surface area (Å²) in [5.74, 6) is 0.484. The van der Waals surface area contributed by atoms with Crippen molar-refractivity contribution in [2.45, 2.75) is 32.2 Å². The van der Waals surface area contributed by atoms with Gasteiger partial charge in [-0.1, -0.05) is 68.8 Å². The lowest BCUT2D eigenvalue weighted by molar-refractivity contribution is -0.374. The van der Waals surface area contributed by atoms with E-state index in [4.69, 9.17) is 4.74 Å². The minimum Gasteiger partial charge on any atom is -1.00 e. The summed E-state index contributed by atoms with van der Waals surface area (Å²) in [4.78, 5) is 12.3. The standard InChI is InChI=1S/C21H26N2O2.ClH/c1-3-14(2)20(12-22)23-21(24)25-13-19-17-10-6-4-8-15(17)16-9-5-7-11-18(16)19;/h4-11,14,19-20H,3,12-13,22H2,1-2H3,(H,23,24);1H/t14-,20+;/m0./s1. The first kappa shape index (κ1) is 20.3. The molecule has 2 aromatic rings. The van der Waals surface area contributed by atoms with Crippen LogP contribution in [0.1, 0.15) is 37.3 Å². The van der Waals surface area contributed by atoms with Gasteiger partial charge in [-0.2, -0.15) is 0 Å². The molecule has 0 aliphatic heterocycles. The Bertz CT molecular complexity index is 705. The van der Waals surface area contributed by atoms with Gasteiger partial charge in [0.1, 0.15) is 6.61 Å². The van der Waals surface area contributed by atoms with Crippen LogP contribution in [-0.2, 0) is 4.74 Å². The third-order valence-corrected chi connectivity index (χ3v) is 5.29. The number of nitrogens with one attached hydrogen (secondary N) is 1. The largest absolute Gasteiger partial charge is 1.00 e. The molecule has 0 radical (unpaired) electrons. The van der Waals surface area contributed by atoms with E-state index in [2.05, 4.69) is 61.3 Å². The maximum atomic E-state index is 12.3. The molecule has 140 valence electrons. The summed E-state index contributed by atoms with van der Waals surface area (Å²) < 4.78 is 5.59. The molecule has 2 aromatic carbocycles. The molecule has 0 saturated carbocycles. The number of fused-ring (bicyclic) bond motifs is 3. The molecule has 1 amide bonds. The van der Waals surface area contributed by atoms with Crippen LogP contribution in [0, 0.1) is 5.92 Å². The predicted octanol–water partition coefficient (Wildman–Crippen LogP) is 0.186. The summed E-state index contributed by atoms with van der Waals surface area (Å²) >= 11 is 0. The smallest absolute Gasteiger partial charge is 0.407 e. The van der Waals surface area contributed by atoms with E-state index in [1.165, 1.54) is 22.3 Å². The summed E-state index contributed by atoms with van der Waals surface area (Å²) in [5.41, 5.74) is 8.87. The fourth-order valence-corrected chi connectivity index (χ4v) is 3.57. The first-order chi connectivity index (χ1) is 12.2. The number of amides is 1. The van der Waals surface area contributed by atoms with Crippen LogP contribution < -0.4 is 23.5 Å². The molecule has 1 aliphatic rings. The van der Waals surface area contributed by atoms with Crippen molar-refractivity contribution < 1.29 is 27.7 Å². The van der Waals surface area contributed by atoms with Crippen molar-refractivity contribution in [2.24, 2.45) is 5.92 Å². The second-order valence-corrected chi connectivity index (χ2v) is 6.75. The van der Waals surface area contributed by atoms with Gasteiger partial charge in [0, 0.05) is 5.92 Å². The lowest BCUT2D eigenvalue weighted by Crippen LogP contribution is -3.00. The predicted molar refractivity (Wildman–Crippen MR) is 99.2 cm³/mol. The van der Waals surface area contributed by atoms with Crippen LogP contribution in [0.5, 0.6) is 0 Å². The summed E-state index contributed by atoms with van der Waals surface area (Å²) in [5, 5.41) is 2.97.